The van der Waals surface area contributed by atoms with Gasteiger partial charge in [-0.3, -0.25) is 9.69 Å². The molecule has 1 heterocycles. The van der Waals surface area contributed by atoms with Crippen molar-refractivity contribution in [3.05, 3.63) is 0 Å². The Hall–Kier alpha value is -0.620. The maximum Gasteiger partial charge on any atom is 0.304 e. The molecule has 1 N–H and O–H groups in total. The molecule has 0 radical (unpaired) electrons. The molecule has 20 heavy (non-hydrogen) atoms. The normalized spacial score (nSPS) is 38.5. The predicted octanol–water partition coefficient (Wildman–Crippen LogP) is 1.38. The van der Waals surface area contributed by atoms with Gasteiger partial charge in [0, 0.05) is 18.6 Å². The van der Waals surface area contributed by atoms with Crippen molar-refractivity contribution in [2.75, 3.05) is 18.1 Å². The largest absolute Gasteiger partial charge is 0.481 e. The Morgan fingerprint density at radius 1 is 1.30 bits per heavy atom. The number of sulfone groups is 1. The van der Waals surface area contributed by atoms with Gasteiger partial charge >= 0.3 is 5.97 Å². The Bertz CT molecular complexity index is 462. The number of carbonyl (C=O) groups is 1. The van der Waals surface area contributed by atoms with Crippen LogP contribution < -0.4 is 0 Å². The number of hydrogen-bond acceptors (Lipinski definition) is 4. The lowest BCUT2D eigenvalue weighted by Crippen LogP contribution is -2.56. The van der Waals surface area contributed by atoms with E-state index in [9.17, 15) is 13.2 Å². The summed E-state index contributed by atoms with van der Waals surface area (Å²) in [6, 6.07) is -0.0254. The molecule has 0 bridgehead atoms. The molecule has 1 saturated carbocycles. The van der Waals surface area contributed by atoms with Gasteiger partial charge in [-0.25, -0.2) is 8.42 Å². The van der Waals surface area contributed by atoms with E-state index in [-0.39, 0.29) is 24.0 Å². The minimum absolute atomic E-state index is 0.00307. The lowest BCUT2D eigenvalue weighted by atomic mass is 9.77. The van der Waals surface area contributed by atoms with Crippen molar-refractivity contribution >= 4 is 15.8 Å². The molecule has 6 heteroatoms. The van der Waals surface area contributed by atoms with E-state index in [1.54, 1.807) is 0 Å². The zero-order valence-electron chi connectivity index (χ0n) is 12.3. The molecule has 2 fully saturated rings. The number of carboxylic acid groups (broad SMARTS) is 1. The molecular weight excluding hydrogens is 278 g/mol. The number of rotatable bonds is 3. The molecule has 0 aromatic rings. The van der Waals surface area contributed by atoms with Gasteiger partial charge in [0.15, 0.2) is 9.84 Å². The highest BCUT2D eigenvalue weighted by molar-refractivity contribution is 7.91. The van der Waals surface area contributed by atoms with Crippen LogP contribution in [0.5, 0.6) is 0 Å². The molecule has 0 aromatic carbocycles. The molecule has 116 valence electrons. The number of hydrogen-bond donors (Lipinski definition) is 1. The van der Waals surface area contributed by atoms with Crippen molar-refractivity contribution in [3.8, 4) is 0 Å². The predicted molar refractivity (Wildman–Crippen MR) is 77.4 cm³/mol. The van der Waals surface area contributed by atoms with E-state index in [1.165, 1.54) is 6.42 Å². The van der Waals surface area contributed by atoms with Crippen LogP contribution in [0.4, 0.5) is 0 Å². The fourth-order valence-corrected chi connectivity index (χ4v) is 5.29. The van der Waals surface area contributed by atoms with Crippen LogP contribution in [0.15, 0.2) is 0 Å². The summed E-state index contributed by atoms with van der Waals surface area (Å²) in [6.07, 6.45) is 3.35. The van der Waals surface area contributed by atoms with Crippen molar-refractivity contribution < 1.29 is 18.3 Å². The highest BCUT2D eigenvalue weighted by atomic mass is 32.2. The summed E-state index contributed by atoms with van der Waals surface area (Å²) in [5.74, 6) is 0.379. The van der Waals surface area contributed by atoms with Gasteiger partial charge in [-0.05, 0) is 18.3 Å². The van der Waals surface area contributed by atoms with Crippen LogP contribution in [0.2, 0.25) is 0 Å². The molecule has 4 atom stereocenters. The van der Waals surface area contributed by atoms with E-state index in [0.29, 0.717) is 24.4 Å². The molecule has 2 aliphatic rings. The van der Waals surface area contributed by atoms with Crippen molar-refractivity contribution in [1.82, 2.24) is 4.90 Å². The number of aliphatic carboxylic acids is 1. The van der Waals surface area contributed by atoms with E-state index in [4.69, 9.17) is 5.11 Å². The van der Waals surface area contributed by atoms with Gasteiger partial charge in [0.05, 0.1) is 17.9 Å². The monoisotopic (exact) mass is 303 g/mol. The van der Waals surface area contributed by atoms with Crippen LogP contribution in [0.3, 0.4) is 0 Å². The van der Waals surface area contributed by atoms with Crippen LogP contribution in [-0.4, -0.2) is 54.5 Å². The number of carboxylic acids is 1. The highest BCUT2D eigenvalue weighted by Gasteiger charge is 2.40. The summed E-state index contributed by atoms with van der Waals surface area (Å²) in [6.45, 7) is 4.95. The van der Waals surface area contributed by atoms with E-state index in [0.717, 1.165) is 12.8 Å². The minimum atomic E-state index is -3.09. The van der Waals surface area contributed by atoms with E-state index >= 15 is 0 Å². The minimum Gasteiger partial charge on any atom is -0.481 e. The second kappa shape index (κ2) is 6.02. The fraction of sp³-hybridized carbons (Fsp3) is 0.929. The van der Waals surface area contributed by atoms with Gasteiger partial charge in [0.25, 0.3) is 0 Å². The number of nitrogens with zero attached hydrogens (tertiary/aromatic N) is 1. The molecule has 1 aliphatic heterocycles. The van der Waals surface area contributed by atoms with Gasteiger partial charge in [-0.15, -0.1) is 0 Å². The summed E-state index contributed by atoms with van der Waals surface area (Å²) in [4.78, 5) is 13.2. The lowest BCUT2D eigenvalue weighted by Gasteiger charge is -2.46. The zero-order chi connectivity index (χ0) is 14.9. The molecular formula is C14H25NO4S. The summed E-state index contributed by atoms with van der Waals surface area (Å²) in [5, 5.41) is 9.05. The van der Waals surface area contributed by atoms with Crippen LogP contribution in [0, 0.1) is 11.8 Å². The first kappa shape index (κ1) is 15.8. The average Bonchev–Trinajstić information content (AvgIpc) is 2.32. The first-order valence-corrected chi connectivity index (χ1v) is 9.30. The van der Waals surface area contributed by atoms with Gasteiger partial charge < -0.3 is 5.11 Å². The first-order chi connectivity index (χ1) is 9.30. The van der Waals surface area contributed by atoms with Gasteiger partial charge in [0.2, 0.25) is 0 Å². The van der Waals surface area contributed by atoms with Gasteiger partial charge in [-0.1, -0.05) is 26.7 Å². The molecule has 0 amide bonds. The molecule has 4 unspecified atom stereocenters. The van der Waals surface area contributed by atoms with Crippen molar-refractivity contribution in [3.63, 3.8) is 0 Å². The third-order valence-electron chi connectivity index (χ3n) is 5.08. The SMILES string of the molecule is CC1CCCC(N2CCS(=O)(=O)CC2CC(=O)O)C1C. The second-order valence-electron chi connectivity index (χ2n) is 6.44. The smallest absolute Gasteiger partial charge is 0.304 e. The van der Waals surface area contributed by atoms with E-state index in [1.807, 2.05) is 0 Å². The fourth-order valence-electron chi connectivity index (χ4n) is 3.74. The van der Waals surface area contributed by atoms with Crippen molar-refractivity contribution in [2.45, 2.75) is 51.6 Å². The summed E-state index contributed by atoms with van der Waals surface area (Å²) < 4.78 is 23.6. The summed E-state index contributed by atoms with van der Waals surface area (Å²) >= 11 is 0. The lowest BCUT2D eigenvalue weighted by molar-refractivity contribution is -0.138. The molecule has 0 aromatic heterocycles. The quantitative estimate of drug-likeness (QED) is 0.852. The summed E-state index contributed by atoms with van der Waals surface area (Å²) in [7, 11) is -3.09. The van der Waals surface area contributed by atoms with E-state index in [2.05, 4.69) is 18.7 Å². The Labute approximate surface area is 121 Å². The molecule has 2 rings (SSSR count). The van der Waals surface area contributed by atoms with Crippen LogP contribution in [0.1, 0.15) is 39.5 Å². The van der Waals surface area contributed by atoms with Crippen LogP contribution >= 0.6 is 0 Å². The first-order valence-electron chi connectivity index (χ1n) is 7.48. The topological polar surface area (TPSA) is 74.7 Å². The molecule has 1 aliphatic carbocycles. The maximum atomic E-state index is 11.8. The van der Waals surface area contributed by atoms with Crippen LogP contribution in [0.25, 0.3) is 0 Å². The zero-order valence-corrected chi connectivity index (χ0v) is 13.1. The molecule has 1 saturated heterocycles. The Morgan fingerprint density at radius 3 is 2.65 bits per heavy atom. The van der Waals surface area contributed by atoms with Crippen molar-refractivity contribution in [1.29, 1.82) is 0 Å². The summed E-state index contributed by atoms with van der Waals surface area (Å²) in [5.41, 5.74) is 0. The van der Waals surface area contributed by atoms with Crippen LogP contribution in [-0.2, 0) is 14.6 Å². The third-order valence-corrected chi connectivity index (χ3v) is 6.77. The van der Waals surface area contributed by atoms with E-state index < -0.39 is 15.8 Å². The second-order valence-corrected chi connectivity index (χ2v) is 8.67. The maximum absolute atomic E-state index is 11.8. The standard InChI is InChI=1S/C14H25NO4S/c1-10-4-3-5-13(11(10)2)15-6-7-20(18,19)9-12(15)8-14(16)17/h10-13H,3-9H2,1-2H3,(H,16,17). The Balaban J connectivity index is 2.16. The molecule has 0 spiro atoms. The molecule has 5 nitrogen and oxygen atoms in total. The Morgan fingerprint density at radius 2 is 2.00 bits per heavy atom. The van der Waals surface area contributed by atoms with Crippen molar-refractivity contribution in [2.24, 2.45) is 11.8 Å². The van der Waals surface area contributed by atoms with Gasteiger partial charge in [-0.2, -0.15) is 0 Å². The van der Waals surface area contributed by atoms with Gasteiger partial charge in [0.1, 0.15) is 0 Å². The highest BCUT2D eigenvalue weighted by Crippen LogP contribution is 2.35. The average molecular weight is 303 g/mol. The Kier molecular flexibility index (Phi) is 4.74. The third kappa shape index (κ3) is 3.52.